The minimum Gasteiger partial charge on any atom is -0.438 e. The average Bonchev–Trinajstić information content (AvgIpc) is 3.00. The van der Waals surface area contributed by atoms with Gasteiger partial charge in [0.25, 0.3) is 11.5 Å². The van der Waals surface area contributed by atoms with E-state index in [9.17, 15) is 9.59 Å². The van der Waals surface area contributed by atoms with Crippen molar-refractivity contribution in [2.45, 2.75) is 13.3 Å². The van der Waals surface area contributed by atoms with Crippen molar-refractivity contribution < 1.29 is 9.53 Å². The molecule has 0 N–H and O–H groups in total. The first-order valence-corrected chi connectivity index (χ1v) is 10.8. The number of halogens is 1. The van der Waals surface area contributed by atoms with Crippen molar-refractivity contribution in [1.82, 2.24) is 14.3 Å². The fourth-order valence-electron chi connectivity index (χ4n) is 2.95. The minimum absolute atomic E-state index is 0.106. The van der Waals surface area contributed by atoms with Gasteiger partial charge in [-0.3, -0.25) is 18.9 Å². The van der Waals surface area contributed by atoms with E-state index in [2.05, 4.69) is 4.98 Å². The standard InChI is InChI=1S/C21H16ClN3O3S2/c1-2-10-25-20(27)16(30-21(25)29)12-15-18(28-14-8-6-13(22)7-9-14)23-17-5-3-4-11-24(17)19(15)26/h3-9,11-12H,2,10H2,1H3. The van der Waals surface area contributed by atoms with Gasteiger partial charge in [0, 0.05) is 17.8 Å². The van der Waals surface area contributed by atoms with Crippen molar-refractivity contribution in [3.05, 3.63) is 74.5 Å². The minimum atomic E-state index is -0.342. The summed E-state index contributed by atoms with van der Waals surface area (Å²) in [6.07, 6.45) is 3.91. The lowest BCUT2D eigenvalue weighted by atomic mass is 10.2. The number of hydrogen-bond acceptors (Lipinski definition) is 6. The Balaban J connectivity index is 1.84. The van der Waals surface area contributed by atoms with Crippen LogP contribution in [0, 0.1) is 0 Å². The molecule has 4 rings (SSSR count). The van der Waals surface area contributed by atoms with Crippen LogP contribution in [0.5, 0.6) is 11.6 Å². The molecule has 1 aromatic carbocycles. The predicted molar refractivity (Wildman–Crippen MR) is 123 cm³/mol. The Labute approximate surface area is 187 Å². The molecule has 0 bridgehead atoms. The summed E-state index contributed by atoms with van der Waals surface area (Å²) in [5.74, 6) is 0.357. The fourth-order valence-corrected chi connectivity index (χ4v) is 4.36. The SMILES string of the molecule is CCCN1C(=O)C(=Cc2c(Oc3ccc(Cl)cc3)nc3ccccn3c2=O)SC1=S. The van der Waals surface area contributed by atoms with Crippen LogP contribution in [0.2, 0.25) is 5.02 Å². The van der Waals surface area contributed by atoms with E-state index in [1.165, 1.54) is 27.1 Å². The average molecular weight is 458 g/mol. The van der Waals surface area contributed by atoms with Gasteiger partial charge < -0.3 is 4.74 Å². The normalized spacial score (nSPS) is 15.4. The highest BCUT2D eigenvalue weighted by molar-refractivity contribution is 8.26. The fraction of sp³-hybridized carbons (Fsp3) is 0.143. The van der Waals surface area contributed by atoms with E-state index in [0.717, 1.165) is 6.42 Å². The number of fused-ring (bicyclic) bond motifs is 1. The molecule has 1 saturated heterocycles. The molecule has 2 aromatic heterocycles. The first kappa shape index (κ1) is 20.6. The molecule has 0 spiro atoms. The molecule has 0 aliphatic carbocycles. The predicted octanol–water partition coefficient (Wildman–Crippen LogP) is 4.75. The van der Waals surface area contributed by atoms with Crippen LogP contribution in [0.1, 0.15) is 18.9 Å². The van der Waals surface area contributed by atoms with E-state index in [4.69, 9.17) is 28.6 Å². The molecule has 3 aromatic rings. The van der Waals surface area contributed by atoms with Crippen LogP contribution < -0.4 is 10.3 Å². The number of carbonyl (C=O) groups is 1. The Morgan fingerprint density at radius 2 is 1.97 bits per heavy atom. The van der Waals surface area contributed by atoms with Crippen LogP contribution in [-0.4, -0.2) is 31.1 Å². The molecule has 0 atom stereocenters. The number of thioether (sulfide) groups is 1. The van der Waals surface area contributed by atoms with Crippen molar-refractivity contribution >= 4 is 57.5 Å². The Bertz CT molecular complexity index is 1240. The smallest absolute Gasteiger partial charge is 0.269 e. The Morgan fingerprint density at radius 1 is 1.20 bits per heavy atom. The summed E-state index contributed by atoms with van der Waals surface area (Å²) in [6.45, 7) is 2.51. The van der Waals surface area contributed by atoms with Gasteiger partial charge in [0.05, 0.1) is 4.91 Å². The van der Waals surface area contributed by atoms with E-state index in [1.54, 1.807) is 48.7 Å². The number of thiocarbonyl (C=S) groups is 1. The van der Waals surface area contributed by atoms with Gasteiger partial charge in [-0.2, -0.15) is 4.98 Å². The van der Waals surface area contributed by atoms with E-state index in [0.29, 0.717) is 32.2 Å². The molecule has 0 unspecified atom stereocenters. The Morgan fingerprint density at radius 3 is 2.70 bits per heavy atom. The summed E-state index contributed by atoms with van der Waals surface area (Å²) in [4.78, 5) is 32.3. The third-order valence-corrected chi connectivity index (χ3v) is 5.99. The third-order valence-electron chi connectivity index (χ3n) is 4.36. The zero-order valence-corrected chi connectivity index (χ0v) is 18.3. The van der Waals surface area contributed by atoms with Crippen LogP contribution in [0.15, 0.2) is 58.4 Å². The summed E-state index contributed by atoms with van der Waals surface area (Å²) < 4.78 is 7.79. The maximum absolute atomic E-state index is 13.2. The van der Waals surface area contributed by atoms with Crippen LogP contribution in [-0.2, 0) is 4.79 Å². The number of amides is 1. The number of rotatable bonds is 5. The molecule has 1 amide bonds. The van der Waals surface area contributed by atoms with Gasteiger partial charge in [0.1, 0.15) is 21.3 Å². The van der Waals surface area contributed by atoms with Crippen molar-refractivity contribution in [3.8, 4) is 11.6 Å². The molecule has 1 aliphatic heterocycles. The number of carbonyl (C=O) groups excluding carboxylic acids is 1. The van der Waals surface area contributed by atoms with Gasteiger partial charge >= 0.3 is 0 Å². The zero-order valence-electron chi connectivity index (χ0n) is 15.9. The summed E-state index contributed by atoms with van der Waals surface area (Å²) in [7, 11) is 0. The topological polar surface area (TPSA) is 63.9 Å². The number of ether oxygens (including phenoxy) is 1. The highest BCUT2D eigenvalue weighted by Gasteiger charge is 2.32. The molecule has 30 heavy (non-hydrogen) atoms. The molecule has 1 aliphatic rings. The van der Waals surface area contributed by atoms with Gasteiger partial charge in [-0.1, -0.05) is 48.6 Å². The number of hydrogen-bond donors (Lipinski definition) is 0. The maximum atomic E-state index is 13.2. The molecule has 0 radical (unpaired) electrons. The summed E-state index contributed by atoms with van der Waals surface area (Å²) in [5, 5.41) is 0.564. The lowest BCUT2D eigenvalue weighted by molar-refractivity contribution is -0.122. The second kappa shape index (κ2) is 8.59. The highest BCUT2D eigenvalue weighted by Crippen LogP contribution is 2.34. The number of nitrogens with zero attached hydrogens (tertiary/aromatic N) is 3. The monoisotopic (exact) mass is 457 g/mol. The second-order valence-electron chi connectivity index (χ2n) is 6.45. The van der Waals surface area contributed by atoms with Crippen LogP contribution in [0.3, 0.4) is 0 Å². The second-order valence-corrected chi connectivity index (χ2v) is 8.57. The van der Waals surface area contributed by atoms with E-state index in [-0.39, 0.29) is 22.9 Å². The van der Waals surface area contributed by atoms with E-state index in [1.807, 2.05) is 6.92 Å². The number of benzene rings is 1. The van der Waals surface area contributed by atoms with E-state index >= 15 is 0 Å². The number of aromatic nitrogens is 2. The lowest BCUT2D eigenvalue weighted by Crippen LogP contribution is -2.28. The molecule has 3 heterocycles. The molecule has 0 saturated carbocycles. The van der Waals surface area contributed by atoms with E-state index < -0.39 is 0 Å². The van der Waals surface area contributed by atoms with Crippen molar-refractivity contribution in [2.75, 3.05) is 6.54 Å². The largest absolute Gasteiger partial charge is 0.438 e. The summed E-state index contributed by atoms with van der Waals surface area (Å²) in [5.41, 5.74) is 0.262. The molecular weight excluding hydrogens is 442 g/mol. The maximum Gasteiger partial charge on any atom is 0.269 e. The van der Waals surface area contributed by atoms with Gasteiger partial charge in [-0.25, -0.2) is 0 Å². The van der Waals surface area contributed by atoms with Crippen LogP contribution >= 0.6 is 35.6 Å². The molecule has 152 valence electrons. The van der Waals surface area contributed by atoms with Crippen LogP contribution in [0.4, 0.5) is 0 Å². The van der Waals surface area contributed by atoms with Crippen molar-refractivity contribution in [2.24, 2.45) is 0 Å². The summed E-state index contributed by atoms with van der Waals surface area (Å²) in [6, 6.07) is 12.0. The molecule has 9 heteroatoms. The zero-order chi connectivity index (χ0) is 21.3. The van der Waals surface area contributed by atoms with Crippen molar-refractivity contribution in [1.29, 1.82) is 0 Å². The van der Waals surface area contributed by atoms with Gasteiger partial charge in [-0.05, 0) is 48.9 Å². The molecule has 1 fully saturated rings. The van der Waals surface area contributed by atoms with Gasteiger partial charge in [0.15, 0.2) is 0 Å². The van der Waals surface area contributed by atoms with Gasteiger partial charge in [0.2, 0.25) is 5.88 Å². The molecule has 6 nitrogen and oxygen atoms in total. The lowest BCUT2D eigenvalue weighted by Gasteiger charge is -2.12. The highest BCUT2D eigenvalue weighted by atomic mass is 35.5. The Hall–Kier alpha value is -2.68. The first-order valence-electron chi connectivity index (χ1n) is 9.18. The summed E-state index contributed by atoms with van der Waals surface area (Å²) >= 11 is 12.4. The number of pyridine rings is 1. The Kier molecular flexibility index (Phi) is 5.90. The quantitative estimate of drug-likeness (QED) is 0.407. The van der Waals surface area contributed by atoms with Gasteiger partial charge in [-0.15, -0.1) is 0 Å². The third kappa shape index (κ3) is 3.98. The molecular formula is C21H16ClN3O3S2. The van der Waals surface area contributed by atoms with Crippen LogP contribution in [0.25, 0.3) is 11.7 Å². The van der Waals surface area contributed by atoms with Crippen molar-refractivity contribution in [3.63, 3.8) is 0 Å². The first-order chi connectivity index (χ1) is 14.5.